The molecule has 3 saturated heterocycles. The van der Waals surface area contributed by atoms with Crippen molar-refractivity contribution in [1.82, 2.24) is 14.7 Å². The molecule has 3 fully saturated rings. The highest BCUT2D eigenvalue weighted by Gasteiger charge is 2.77. The van der Waals surface area contributed by atoms with Gasteiger partial charge in [0.15, 0.2) is 0 Å². The predicted octanol–water partition coefficient (Wildman–Crippen LogP) is 3.49. The SMILES string of the molecule is C=CCN(Cc1ccccc1)C(=O)[C@@H]1[C@H]2C(=O)N(CCCO)C(C(=O)N(CC=C)C(C)C)C23CC[C@@]1(C)S3. The lowest BCUT2D eigenvalue weighted by Gasteiger charge is -2.39. The third-order valence-electron chi connectivity index (χ3n) is 8.44. The summed E-state index contributed by atoms with van der Waals surface area (Å²) < 4.78 is -1.10. The van der Waals surface area contributed by atoms with Gasteiger partial charge in [-0.15, -0.1) is 24.9 Å². The van der Waals surface area contributed by atoms with Crippen LogP contribution in [0.3, 0.4) is 0 Å². The molecule has 2 bridgehead atoms. The number of hydrogen-bond donors (Lipinski definition) is 1. The van der Waals surface area contributed by atoms with E-state index >= 15 is 0 Å². The van der Waals surface area contributed by atoms with E-state index in [4.69, 9.17) is 0 Å². The molecule has 3 heterocycles. The Bertz CT molecular complexity index is 1080. The summed E-state index contributed by atoms with van der Waals surface area (Å²) in [4.78, 5) is 47.9. The zero-order valence-corrected chi connectivity index (χ0v) is 23.7. The van der Waals surface area contributed by atoms with Gasteiger partial charge in [0.25, 0.3) is 0 Å². The van der Waals surface area contributed by atoms with Crippen LogP contribution in [0.15, 0.2) is 55.6 Å². The Morgan fingerprint density at radius 3 is 2.45 bits per heavy atom. The predicted molar refractivity (Wildman–Crippen MR) is 151 cm³/mol. The van der Waals surface area contributed by atoms with Crippen molar-refractivity contribution < 1.29 is 19.5 Å². The van der Waals surface area contributed by atoms with E-state index in [0.29, 0.717) is 39.0 Å². The van der Waals surface area contributed by atoms with Gasteiger partial charge >= 0.3 is 0 Å². The van der Waals surface area contributed by atoms with Gasteiger partial charge < -0.3 is 19.8 Å². The van der Waals surface area contributed by atoms with Gasteiger partial charge in [-0.2, -0.15) is 0 Å². The molecule has 4 rings (SSSR count). The van der Waals surface area contributed by atoms with Gasteiger partial charge in [-0.05, 0) is 45.6 Å². The summed E-state index contributed by atoms with van der Waals surface area (Å²) in [6, 6.07) is 9.12. The zero-order valence-electron chi connectivity index (χ0n) is 22.8. The van der Waals surface area contributed by atoms with Crippen LogP contribution in [-0.4, -0.2) is 85.3 Å². The third-order valence-corrected chi connectivity index (χ3v) is 10.4. The number of aliphatic hydroxyl groups excluding tert-OH is 1. The van der Waals surface area contributed by atoms with Gasteiger partial charge in [0.1, 0.15) is 6.04 Å². The molecule has 3 amide bonds. The fourth-order valence-electron chi connectivity index (χ4n) is 6.80. The summed E-state index contributed by atoms with van der Waals surface area (Å²) in [5.74, 6) is -1.38. The highest BCUT2D eigenvalue weighted by atomic mass is 32.2. The molecule has 1 aromatic rings. The smallest absolute Gasteiger partial charge is 0.247 e. The second kappa shape index (κ2) is 11.3. The molecule has 3 aliphatic rings. The van der Waals surface area contributed by atoms with Crippen LogP contribution in [0.5, 0.6) is 0 Å². The van der Waals surface area contributed by atoms with Crippen molar-refractivity contribution >= 4 is 29.5 Å². The molecule has 1 N–H and O–H groups in total. The molecular formula is C30H41N3O4S. The fraction of sp³-hybridized carbons (Fsp3) is 0.567. The molecule has 8 heteroatoms. The first-order valence-electron chi connectivity index (χ1n) is 13.6. The summed E-state index contributed by atoms with van der Waals surface area (Å²) in [6.45, 7) is 15.2. The number of fused-ring (bicyclic) bond motifs is 1. The zero-order chi connectivity index (χ0) is 27.7. The molecule has 7 nitrogen and oxygen atoms in total. The van der Waals surface area contributed by atoms with Crippen molar-refractivity contribution in [2.24, 2.45) is 11.8 Å². The van der Waals surface area contributed by atoms with Crippen LogP contribution in [0.1, 0.15) is 45.6 Å². The maximum absolute atomic E-state index is 14.3. The second-order valence-electron chi connectivity index (χ2n) is 11.2. The molecule has 206 valence electrons. The van der Waals surface area contributed by atoms with E-state index in [0.717, 1.165) is 12.0 Å². The van der Waals surface area contributed by atoms with Gasteiger partial charge in [-0.3, -0.25) is 14.4 Å². The molecule has 0 aliphatic carbocycles. The molecule has 1 aromatic carbocycles. The standard InChI is InChI=1S/C30H41N3O4S/c1-6-16-31(20-22-12-9-8-10-13-22)26(35)23-24-27(36)33(18-11-19-34)25(28(37)32(17-7-2)21(3)4)30(24)15-14-29(23,5)38-30/h6-10,12-13,21,23-25,34H,1-2,11,14-20H2,3-5H3/t23-,24-,25?,29+,30?/m0/s1. The minimum atomic E-state index is -0.667. The monoisotopic (exact) mass is 539 g/mol. The van der Waals surface area contributed by atoms with E-state index in [9.17, 15) is 19.5 Å². The lowest BCUT2D eigenvalue weighted by molar-refractivity contribution is -0.146. The number of benzene rings is 1. The molecule has 3 aliphatic heterocycles. The van der Waals surface area contributed by atoms with Crippen LogP contribution in [0.4, 0.5) is 0 Å². The summed E-state index contributed by atoms with van der Waals surface area (Å²) in [5.41, 5.74) is 1.02. The number of rotatable bonds is 12. The third kappa shape index (κ3) is 4.70. The van der Waals surface area contributed by atoms with Crippen molar-refractivity contribution in [3.63, 3.8) is 0 Å². The molecule has 5 atom stereocenters. The van der Waals surface area contributed by atoms with Crippen LogP contribution < -0.4 is 0 Å². The summed E-state index contributed by atoms with van der Waals surface area (Å²) in [6.07, 6.45) is 5.31. The van der Waals surface area contributed by atoms with Crippen molar-refractivity contribution in [3.8, 4) is 0 Å². The highest BCUT2D eigenvalue weighted by molar-refractivity contribution is 8.02. The number of amides is 3. The lowest BCUT2D eigenvalue weighted by atomic mass is 9.66. The number of carbonyl (C=O) groups excluding carboxylic acids is 3. The average molecular weight is 540 g/mol. The van der Waals surface area contributed by atoms with E-state index in [1.54, 1.807) is 38.6 Å². The summed E-state index contributed by atoms with van der Waals surface area (Å²) in [7, 11) is 0. The number of likely N-dealkylation sites (tertiary alicyclic amines) is 1. The van der Waals surface area contributed by atoms with Crippen molar-refractivity contribution in [2.75, 3.05) is 26.2 Å². The Morgan fingerprint density at radius 2 is 1.84 bits per heavy atom. The van der Waals surface area contributed by atoms with Gasteiger partial charge in [0.05, 0.1) is 16.6 Å². The Hall–Kier alpha value is -2.58. The first kappa shape index (κ1) is 28.4. The van der Waals surface area contributed by atoms with Crippen LogP contribution >= 0.6 is 11.8 Å². The Balaban J connectivity index is 1.74. The fourth-order valence-corrected chi connectivity index (χ4v) is 9.15. The number of hydrogen-bond acceptors (Lipinski definition) is 5. The van der Waals surface area contributed by atoms with E-state index in [2.05, 4.69) is 20.1 Å². The average Bonchev–Trinajstić information content (AvgIpc) is 3.46. The van der Waals surface area contributed by atoms with Crippen molar-refractivity contribution in [3.05, 3.63) is 61.2 Å². The van der Waals surface area contributed by atoms with Crippen molar-refractivity contribution in [1.29, 1.82) is 0 Å². The molecule has 0 radical (unpaired) electrons. The molecule has 2 unspecified atom stereocenters. The summed E-state index contributed by atoms with van der Waals surface area (Å²) in [5, 5.41) is 9.58. The normalized spacial score (nSPS) is 29.4. The molecule has 38 heavy (non-hydrogen) atoms. The van der Waals surface area contributed by atoms with E-state index in [1.165, 1.54) is 0 Å². The van der Waals surface area contributed by atoms with Gasteiger partial charge in [-0.25, -0.2) is 0 Å². The van der Waals surface area contributed by atoms with Gasteiger partial charge in [0, 0.05) is 43.6 Å². The lowest BCUT2D eigenvalue weighted by Crippen LogP contribution is -2.56. The Labute approximate surface area is 230 Å². The van der Waals surface area contributed by atoms with E-state index in [1.807, 2.05) is 44.2 Å². The second-order valence-corrected chi connectivity index (χ2v) is 13.1. The minimum absolute atomic E-state index is 0.0503. The quantitative estimate of drug-likeness (QED) is 0.412. The maximum atomic E-state index is 14.3. The van der Waals surface area contributed by atoms with Crippen LogP contribution in [0, 0.1) is 11.8 Å². The molecule has 0 aromatic heterocycles. The van der Waals surface area contributed by atoms with Gasteiger partial charge in [0.2, 0.25) is 17.7 Å². The number of thioether (sulfide) groups is 1. The Morgan fingerprint density at radius 1 is 1.16 bits per heavy atom. The maximum Gasteiger partial charge on any atom is 0.247 e. The van der Waals surface area contributed by atoms with E-state index in [-0.39, 0.29) is 30.4 Å². The Kier molecular flexibility index (Phi) is 8.43. The molecule has 0 saturated carbocycles. The number of aliphatic hydroxyl groups is 1. The molecule has 1 spiro atoms. The minimum Gasteiger partial charge on any atom is -0.396 e. The first-order valence-corrected chi connectivity index (χ1v) is 14.4. The topological polar surface area (TPSA) is 81.2 Å². The largest absolute Gasteiger partial charge is 0.396 e. The van der Waals surface area contributed by atoms with Crippen molar-refractivity contribution in [2.45, 2.75) is 68.2 Å². The van der Waals surface area contributed by atoms with Crippen LogP contribution in [0.25, 0.3) is 0 Å². The number of carbonyl (C=O) groups is 3. The van der Waals surface area contributed by atoms with E-state index < -0.39 is 27.4 Å². The number of nitrogens with zero attached hydrogens (tertiary/aromatic N) is 3. The first-order chi connectivity index (χ1) is 18.1. The van der Waals surface area contributed by atoms with Crippen LogP contribution in [0.2, 0.25) is 0 Å². The summed E-state index contributed by atoms with van der Waals surface area (Å²) >= 11 is 1.68. The van der Waals surface area contributed by atoms with Gasteiger partial charge in [-0.1, -0.05) is 42.5 Å². The van der Waals surface area contributed by atoms with Crippen LogP contribution in [-0.2, 0) is 20.9 Å². The highest BCUT2D eigenvalue weighted by Crippen LogP contribution is 2.71. The molecular weight excluding hydrogens is 498 g/mol.